The SMILES string of the molecule is O=C(Nc1cccc(CO)c1)C1CCCCN1Cc1ccc(F)cc1. The Hall–Kier alpha value is -2.24. The number of hydrogen-bond acceptors (Lipinski definition) is 3. The van der Waals surface area contributed by atoms with Gasteiger partial charge in [-0.15, -0.1) is 0 Å². The Bertz CT molecular complexity index is 718. The van der Waals surface area contributed by atoms with Gasteiger partial charge in [0.25, 0.3) is 0 Å². The van der Waals surface area contributed by atoms with Gasteiger partial charge in [-0.05, 0) is 54.8 Å². The number of amides is 1. The highest BCUT2D eigenvalue weighted by atomic mass is 19.1. The maximum atomic E-state index is 13.1. The summed E-state index contributed by atoms with van der Waals surface area (Å²) in [6, 6.07) is 13.5. The lowest BCUT2D eigenvalue weighted by Gasteiger charge is -2.34. The van der Waals surface area contributed by atoms with E-state index in [2.05, 4.69) is 10.2 Å². The van der Waals surface area contributed by atoms with Crippen LogP contribution in [-0.2, 0) is 17.9 Å². The zero-order valence-electron chi connectivity index (χ0n) is 14.1. The Kier molecular flexibility index (Phi) is 5.79. The summed E-state index contributed by atoms with van der Waals surface area (Å²) in [5.74, 6) is -0.280. The minimum atomic E-state index is -0.250. The summed E-state index contributed by atoms with van der Waals surface area (Å²) in [7, 11) is 0. The first-order valence-electron chi connectivity index (χ1n) is 8.65. The third-order valence-corrected chi connectivity index (χ3v) is 4.59. The molecule has 3 rings (SSSR count). The third kappa shape index (κ3) is 4.65. The van der Waals surface area contributed by atoms with Gasteiger partial charge in [0.15, 0.2) is 0 Å². The summed E-state index contributed by atoms with van der Waals surface area (Å²) in [5.41, 5.74) is 2.47. The summed E-state index contributed by atoms with van der Waals surface area (Å²) in [5, 5.41) is 12.2. The number of carbonyl (C=O) groups is 1. The zero-order chi connectivity index (χ0) is 17.6. The third-order valence-electron chi connectivity index (χ3n) is 4.59. The fourth-order valence-corrected chi connectivity index (χ4v) is 3.27. The molecule has 0 saturated carbocycles. The van der Waals surface area contributed by atoms with Crippen LogP contribution in [0.1, 0.15) is 30.4 Å². The summed E-state index contributed by atoms with van der Waals surface area (Å²) in [6.45, 7) is 1.44. The number of aliphatic hydroxyl groups is 1. The van der Waals surface area contributed by atoms with Crippen molar-refractivity contribution in [3.63, 3.8) is 0 Å². The molecule has 25 heavy (non-hydrogen) atoms. The minimum Gasteiger partial charge on any atom is -0.392 e. The van der Waals surface area contributed by atoms with Gasteiger partial charge < -0.3 is 10.4 Å². The number of nitrogens with zero attached hydrogens (tertiary/aromatic N) is 1. The van der Waals surface area contributed by atoms with Crippen molar-refractivity contribution in [1.29, 1.82) is 0 Å². The van der Waals surface area contributed by atoms with Crippen molar-refractivity contribution >= 4 is 11.6 Å². The van der Waals surface area contributed by atoms with E-state index in [4.69, 9.17) is 0 Å². The van der Waals surface area contributed by atoms with Crippen LogP contribution in [-0.4, -0.2) is 28.5 Å². The van der Waals surface area contributed by atoms with Gasteiger partial charge in [-0.3, -0.25) is 9.69 Å². The Balaban J connectivity index is 1.68. The van der Waals surface area contributed by atoms with E-state index < -0.39 is 0 Å². The van der Waals surface area contributed by atoms with E-state index in [1.807, 2.05) is 18.2 Å². The molecular weight excluding hydrogens is 319 g/mol. The van der Waals surface area contributed by atoms with Crippen LogP contribution in [0.25, 0.3) is 0 Å². The number of aliphatic hydroxyl groups excluding tert-OH is 1. The van der Waals surface area contributed by atoms with Crippen molar-refractivity contribution in [2.24, 2.45) is 0 Å². The predicted molar refractivity (Wildman–Crippen MR) is 95.4 cm³/mol. The van der Waals surface area contributed by atoms with Crippen LogP contribution in [0.2, 0.25) is 0 Å². The molecular formula is C20H23FN2O2. The van der Waals surface area contributed by atoms with Gasteiger partial charge >= 0.3 is 0 Å². The molecule has 2 aromatic carbocycles. The molecule has 1 unspecified atom stereocenters. The molecule has 5 heteroatoms. The Morgan fingerprint density at radius 1 is 1.16 bits per heavy atom. The van der Waals surface area contributed by atoms with Crippen molar-refractivity contribution < 1.29 is 14.3 Å². The molecule has 1 amide bonds. The number of anilines is 1. The van der Waals surface area contributed by atoms with E-state index in [1.165, 1.54) is 12.1 Å². The van der Waals surface area contributed by atoms with E-state index in [-0.39, 0.29) is 24.4 Å². The van der Waals surface area contributed by atoms with Crippen LogP contribution < -0.4 is 5.32 Å². The van der Waals surface area contributed by atoms with Crippen LogP contribution in [0.4, 0.5) is 10.1 Å². The molecule has 1 aliphatic heterocycles. The first-order chi connectivity index (χ1) is 12.2. The van der Waals surface area contributed by atoms with Gasteiger partial charge in [-0.25, -0.2) is 4.39 Å². The van der Waals surface area contributed by atoms with Crippen LogP contribution >= 0.6 is 0 Å². The van der Waals surface area contributed by atoms with E-state index in [0.717, 1.165) is 36.9 Å². The summed E-state index contributed by atoms with van der Waals surface area (Å²) >= 11 is 0. The highest BCUT2D eigenvalue weighted by Crippen LogP contribution is 2.22. The fourth-order valence-electron chi connectivity index (χ4n) is 3.27. The normalized spacial score (nSPS) is 18.1. The van der Waals surface area contributed by atoms with Gasteiger partial charge in [0.05, 0.1) is 12.6 Å². The molecule has 1 saturated heterocycles. The quantitative estimate of drug-likeness (QED) is 0.876. The molecule has 1 fully saturated rings. The summed E-state index contributed by atoms with van der Waals surface area (Å²) in [6.07, 6.45) is 2.90. The molecule has 0 spiro atoms. The first-order valence-corrected chi connectivity index (χ1v) is 8.65. The monoisotopic (exact) mass is 342 g/mol. The molecule has 1 atom stereocenters. The zero-order valence-corrected chi connectivity index (χ0v) is 14.1. The van der Waals surface area contributed by atoms with Crippen LogP contribution in [0.3, 0.4) is 0 Å². The smallest absolute Gasteiger partial charge is 0.241 e. The molecule has 0 radical (unpaired) electrons. The minimum absolute atomic E-state index is 0.0306. The number of halogens is 1. The van der Waals surface area contributed by atoms with Crippen molar-refractivity contribution in [1.82, 2.24) is 4.90 Å². The lowest BCUT2D eigenvalue weighted by Crippen LogP contribution is -2.46. The van der Waals surface area contributed by atoms with Crippen molar-refractivity contribution in [2.45, 2.75) is 38.5 Å². The molecule has 0 aromatic heterocycles. The topological polar surface area (TPSA) is 52.6 Å². The highest BCUT2D eigenvalue weighted by Gasteiger charge is 2.28. The number of benzene rings is 2. The van der Waals surface area contributed by atoms with Gasteiger partial charge in [0.2, 0.25) is 5.91 Å². The molecule has 2 aromatic rings. The van der Waals surface area contributed by atoms with Gasteiger partial charge in [-0.1, -0.05) is 30.7 Å². The molecule has 132 valence electrons. The molecule has 1 aliphatic rings. The van der Waals surface area contributed by atoms with Crippen molar-refractivity contribution in [3.05, 3.63) is 65.5 Å². The molecule has 2 N–H and O–H groups in total. The lowest BCUT2D eigenvalue weighted by atomic mass is 10.00. The second kappa shape index (κ2) is 8.23. The molecule has 4 nitrogen and oxygen atoms in total. The Morgan fingerprint density at radius 3 is 2.72 bits per heavy atom. The average Bonchev–Trinajstić information content (AvgIpc) is 2.64. The van der Waals surface area contributed by atoms with Crippen molar-refractivity contribution in [3.8, 4) is 0 Å². The van der Waals surface area contributed by atoms with Crippen LogP contribution in [0.5, 0.6) is 0 Å². The maximum Gasteiger partial charge on any atom is 0.241 e. The first kappa shape index (κ1) is 17.6. The van der Waals surface area contributed by atoms with Crippen molar-refractivity contribution in [2.75, 3.05) is 11.9 Å². The van der Waals surface area contributed by atoms with Crippen LogP contribution in [0, 0.1) is 5.82 Å². The van der Waals surface area contributed by atoms with E-state index in [9.17, 15) is 14.3 Å². The van der Waals surface area contributed by atoms with E-state index in [1.54, 1.807) is 18.2 Å². The summed E-state index contributed by atoms with van der Waals surface area (Å²) in [4.78, 5) is 14.9. The standard InChI is InChI=1S/C20H23FN2O2/c21-17-9-7-15(8-10-17)13-23-11-2-1-6-19(23)20(25)22-18-5-3-4-16(12-18)14-24/h3-5,7-10,12,19,24H,1-2,6,11,13-14H2,(H,22,25). The average molecular weight is 342 g/mol. The highest BCUT2D eigenvalue weighted by molar-refractivity contribution is 5.94. The maximum absolute atomic E-state index is 13.1. The molecule has 1 heterocycles. The lowest BCUT2D eigenvalue weighted by molar-refractivity contribution is -0.122. The van der Waals surface area contributed by atoms with E-state index >= 15 is 0 Å². The van der Waals surface area contributed by atoms with E-state index in [0.29, 0.717) is 12.2 Å². The number of likely N-dealkylation sites (tertiary alicyclic amines) is 1. The predicted octanol–water partition coefficient (Wildman–Crippen LogP) is 3.31. The Labute approximate surface area is 147 Å². The van der Waals surface area contributed by atoms with Crippen LogP contribution in [0.15, 0.2) is 48.5 Å². The largest absolute Gasteiger partial charge is 0.392 e. The number of rotatable bonds is 5. The van der Waals surface area contributed by atoms with Gasteiger partial charge in [0, 0.05) is 12.2 Å². The number of hydrogen-bond donors (Lipinski definition) is 2. The number of nitrogens with one attached hydrogen (secondary N) is 1. The molecule has 0 bridgehead atoms. The summed E-state index contributed by atoms with van der Waals surface area (Å²) < 4.78 is 13.1. The number of piperidine rings is 1. The molecule has 0 aliphatic carbocycles. The second-order valence-electron chi connectivity index (χ2n) is 6.46. The second-order valence-corrected chi connectivity index (χ2v) is 6.46. The van der Waals surface area contributed by atoms with Gasteiger partial charge in [0.1, 0.15) is 5.82 Å². The number of carbonyl (C=O) groups excluding carboxylic acids is 1. The van der Waals surface area contributed by atoms with Gasteiger partial charge in [-0.2, -0.15) is 0 Å². The Morgan fingerprint density at radius 2 is 1.96 bits per heavy atom. The fraction of sp³-hybridized carbons (Fsp3) is 0.350.